The summed E-state index contributed by atoms with van der Waals surface area (Å²) in [7, 11) is 0. The molecule has 1 amide bonds. The lowest BCUT2D eigenvalue weighted by Crippen LogP contribution is -2.24. The maximum absolute atomic E-state index is 12.4. The number of fused-ring (bicyclic) bond motifs is 7. The van der Waals surface area contributed by atoms with Crippen LogP contribution in [0.25, 0.3) is 43.9 Å². The van der Waals surface area contributed by atoms with Crippen LogP contribution in [0.3, 0.4) is 0 Å². The number of hydrogen-bond acceptors (Lipinski definition) is 6. The standard InChI is InChI=1S/C22H17N5O2/c28-11-3-10-25-22(29)13-6-7-16-17(12-13)27-21-19-15(5-2-9-24-19)14-4-1-8-23-18(14)20(21)26-16/h1-2,4-9,12,28H,3,10-11H2,(H,25,29). The molecule has 0 saturated carbocycles. The third-order valence-electron chi connectivity index (χ3n) is 4.90. The van der Waals surface area contributed by atoms with Crippen molar-refractivity contribution in [2.45, 2.75) is 6.42 Å². The molecule has 2 aromatic carbocycles. The van der Waals surface area contributed by atoms with Gasteiger partial charge >= 0.3 is 0 Å². The van der Waals surface area contributed by atoms with Crippen LogP contribution < -0.4 is 5.32 Å². The third-order valence-corrected chi connectivity index (χ3v) is 4.90. The van der Waals surface area contributed by atoms with Gasteiger partial charge < -0.3 is 10.4 Å². The molecule has 3 aromatic heterocycles. The van der Waals surface area contributed by atoms with Gasteiger partial charge in [-0.3, -0.25) is 14.8 Å². The van der Waals surface area contributed by atoms with Crippen LogP contribution in [0.1, 0.15) is 16.8 Å². The molecule has 0 aliphatic carbocycles. The van der Waals surface area contributed by atoms with Crippen LogP contribution in [-0.4, -0.2) is 44.1 Å². The minimum Gasteiger partial charge on any atom is -0.396 e. The predicted octanol–water partition coefficient (Wildman–Crippen LogP) is 2.99. The summed E-state index contributed by atoms with van der Waals surface area (Å²) in [5, 5.41) is 13.6. The molecule has 0 atom stereocenters. The van der Waals surface area contributed by atoms with E-state index < -0.39 is 0 Å². The highest BCUT2D eigenvalue weighted by Gasteiger charge is 2.14. The summed E-state index contributed by atoms with van der Waals surface area (Å²) in [6.45, 7) is 0.459. The number of aromatic nitrogens is 4. The molecule has 0 bridgehead atoms. The van der Waals surface area contributed by atoms with Gasteiger partial charge in [-0.25, -0.2) is 9.97 Å². The molecule has 0 unspecified atom stereocenters. The van der Waals surface area contributed by atoms with Crippen molar-refractivity contribution in [2.75, 3.05) is 13.2 Å². The number of amides is 1. The molecule has 142 valence electrons. The van der Waals surface area contributed by atoms with Crippen molar-refractivity contribution >= 4 is 49.8 Å². The van der Waals surface area contributed by atoms with Gasteiger partial charge in [0, 0.05) is 41.9 Å². The van der Waals surface area contributed by atoms with Gasteiger partial charge in [-0.15, -0.1) is 0 Å². The largest absolute Gasteiger partial charge is 0.396 e. The number of carbonyl (C=O) groups excluding carboxylic acids is 1. The van der Waals surface area contributed by atoms with Crippen LogP contribution in [0.5, 0.6) is 0 Å². The minimum atomic E-state index is -0.203. The lowest BCUT2D eigenvalue weighted by atomic mass is 10.1. The Morgan fingerprint density at radius 2 is 1.52 bits per heavy atom. The molecule has 0 spiro atoms. The lowest BCUT2D eigenvalue weighted by Gasteiger charge is -2.09. The Balaban J connectivity index is 1.75. The number of hydrogen-bond donors (Lipinski definition) is 2. The predicted molar refractivity (Wildman–Crippen MR) is 112 cm³/mol. The van der Waals surface area contributed by atoms with Crippen LogP contribution in [0.2, 0.25) is 0 Å². The van der Waals surface area contributed by atoms with Crippen molar-refractivity contribution in [3.05, 3.63) is 60.4 Å². The zero-order chi connectivity index (χ0) is 19.8. The zero-order valence-corrected chi connectivity index (χ0v) is 15.5. The van der Waals surface area contributed by atoms with Crippen LogP contribution >= 0.6 is 0 Å². The normalized spacial score (nSPS) is 11.5. The average Bonchev–Trinajstić information content (AvgIpc) is 2.78. The van der Waals surface area contributed by atoms with Crippen LogP contribution in [0.4, 0.5) is 0 Å². The second kappa shape index (κ2) is 7.03. The molecular weight excluding hydrogens is 366 g/mol. The molecule has 5 rings (SSSR count). The second-order valence-electron chi connectivity index (χ2n) is 6.76. The first kappa shape index (κ1) is 17.4. The highest BCUT2D eigenvalue weighted by atomic mass is 16.3. The van der Waals surface area contributed by atoms with E-state index in [0.29, 0.717) is 40.6 Å². The summed E-state index contributed by atoms with van der Waals surface area (Å²) in [6.07, 6.45) is 4.00. The topological polar surface area (TPSA) is 101 Å². The van der Waals surface area contributed by atoms with Gasteiger partial charge in [0.1, 0.15) is 11.0 Å². The number of rotatable bonds is 4. The molecule has 7 nitrogen and oxygen atoms in total. The van der Waals surface area contributed by atoms with E-state index >= 15 is 0 Å². The Hall–Kier alpha value is -3.71. The molecule has 2 N–H and O–H groups in total. The maximum atomic E-state index is 12.4. The van der Waals surface area contributed by atoms with Crippen molar-refractivity contribution < 1.29 is 9.90 Å². The van der Waals surface area contributed by atoms with Gasteiger partial charge in [-0.05, 0) is 36.8 Å². The summed E-state index contributed by atoms with van der Waals surface area (Å²) in [6, 6.07) is 13.1. The molecule has 0 fully saturated rings. The number of aliphatic hydroxyl groups excluding tert-OH is 1. The average molecular weight is 383 g/mol. The molecule has 5 aromatic rings. The van der Waals surface area contributed by atoms with Gasteiger partial charge in [0.2, 0.25) is 0 Å². The van der Waals surface area contributed by atoms with E-state index in [0.717, 1.165) is 21.8 Å². The summed E-state index contributed by atoms with van der Waals surface area (Å²) < 4.78 is 0. The van der Waals surface area contributed by atoms with Crippen molar-refractivity contribution in [3.63, 3.8) is 0 Å². The van der Waals surface area contributed by atoms with Gasteiger partial charge in [0.15, 0.2) is 0 Å². The lowest BCUT2D eigenvalue weighted by molar-refractivity contribution is 0.0951. The van der Waals surface area contributed by atoms with E-state index in [2.05, 4.69) is 15.3 Å². The number of pyridine rings is 2. The first-order valence-electron chi connectivity index (χ1n) is 9.38. The molecule has 0 saturated heterocycles. The summed E-state index contributed by atoms with van der Waals surface area (Å²) >= 11 is 0. The number of aliphatic hydroxyl groups is 1. The van der Waals surface area contributed by atoms with Crippen LogP contribution in [0.15, 0.2) is 54.9 Å². The quantitative estimate of drug-likeness (QED) is 0.281. The number of carbonyl (C=O) groups is 1. The van der Waals surface area contributed by atoms with Crippen molar-refractivity contribution in [1.29, 1.82) is 0 Å². The Morgan fingerprint density at radius 1 is 0.862 bits per heavy atom. The van der Waals surface area contributed by atoms with Crippen molar-refractivity contribution in [2.24, 2.45) is 0 Å². The Kier molecular flexibility index (Phi) is 4.22. The fourth-order valence-corrected chi connectivity index (χ4v) is 3.53. The molecular formula is C22H17N5O2. The third kappa shape index (κ3) is 2.92. The smallest absolute Gasteiger partial charge is 0.251 e. The zero-order valence-electron chi connectivity index (χ0n) is 15.5. The molecule has 29 heavy (non-hydrogen) atoms. The second-order valence-corrected chi connectivity index (χ2v) is 6.76. The fourth-order valence-electron chi connectivity index (χ4n) is 3.53. The van der Waals surface area contributed by atoms with Gasteiger partial charge in [-0.2, -0.15) is 0 Å². The van der Waals surface area contributed by atoms with Gasteiger partial charge in [0.05, 0.1) is 22.1 Å². The summed E-state index contributed by atoms with van der Waals surface area (Å²) in [4.78, 5) is 31.0. The number of nitrogens with zero attached hydrogens (tertiary/aromatic N) is 4. The minimum absolute atomic E-state index is 0.0392. The number of benzene rings is 2. The monoisotopic (exact) mass is 383 g/mol. The molecule has 3 heterocycles. The Labute approximate surface area is 165 Å². The van der Waals surface area contributed by atoms with E-state index in [4.69, 9.17) is 15.1 Å². The molecule has 0 aliphatic heterocycles. The van der Waals surface area contributed by atoms with E-state index in [1.165, 1.54) is 0 Å². The van der Waals surface area contributed by atoms with Crippen LogP contribution in [0, 0.1) is 0 Å². The first-order chi connectivity index (χ1) is 14.3. The fraction of sp³-hybridized carbons (Fsp3) is 0.136. The summed E-state index contributed by atoms with van der Waals surface area (Å²) in [5.41, 5.74) is 4.71. The first-order valence-corrected chi connectivity index (χ1v) is 9.38. The maximum Gasteiger partial charge on any atom is 0.251 e. The van der Waals surface area contributed by atoms with Crippen molar-refractivity contribution in [1.82, 2.24) is 25.3 Å². The summed E-state index contributed by atoms with van der Waals surface area (Å²) in [5.74, 6) is -0.203. The Morgan fingerprint density at radius 3 is 2.17 bits per heavy atom. The van der Waals surface area contributed by atoms with Gasteiger partial charge in [-0.1, -0.05) is 12.1 Å². The highest BCUT2D eigenvalue weighted by Crippen LogP contribution is 2.31. The van der Waals surface area contributed by atoms with Gasteiger partial charge in [0.25, 0.3) is 5.91 Å². The molecule has 0 aliphatic rings. The van der Waals surface area contributed by atoms with E-state index in [1.807, 2.05) is 24.3 Å². The van der Waals surface area contributed by atoms with E-state index in [9.17, 15) is 4.79 Å². The SMILES string of the molecule is O=C(NCCCO)c1ccc2nc3c4ncccc4c4cccnc4c3nc2c1. The Bertz CT molecular complexity index is 1400. The molecule has 7 heteroatoms. The van der Waals surface area contributed by atoms with E-state index in [1.54, 1.807) is 30.6 Å². The van der Waals surface area contributed by atoms with Crippen LogP contribution in [-0.2, 0) is 0 Å². The molecule has 0 radical (unpaired) electrons. The van der Waals surface area contributed by atoms with Crippen molar-refractivity contribution in [3.8, 4) is 0 Å². The highest BCUT2D eigenvalue weighted by molar-refractivity contribution is 6.21. The number of nitrogens with one attached hydrogen (secondary N) is 1. The van der Waals surface area contributed by atoms with E-state index in [-0.39, 0.29) is 12.5 Å².